The predicted molar refractivity (Wildman–Crippen MR) is 175 cm³/mol. The van der Waals surface area contributed by atoms with Gasteiger partial charge < -0.3 is 26.6 Å². The van der Waals surface area contributed by atoms with Crippen molar-refractivity contribution < 1.29 is 27.4 Å². The van der Waals surface area contributed by atoms with E-state index in [4.69, 9.17) is 10.3 Å². The van der Waals surface area contributed by atoms with Crippen LogP contribution in [0.15, 0.2) is 0 Å². The van der Waals surface area contributed by atoms with Crippen LogP contribution < -0.4 is 16.4 Å². The average Bonchev–Trinajstić information content (AvgIpc) is 3.33. The Balaban J connectivity index is 1.28. The number of fused-ring (bicyclic) bond motifs is 5. The third-order valence-electron chi connectivity index (χ3n) is 13.3. The first kappa shape index (κ1) is 36.5. The van der Waals surface area contributed by atoms with E-state index in [1.165, 1.54) is 44.9 Å². The Labute approximate surface area is 268 Å². The predicted octanol–water partition coefficient (Wildman–Crippen LogP) is 4.53. The molecule has 0 radical (unpaired) electrons. The second kappa shape index (κ2) is 15.7. The Morgan fingerprint density at radius 3 is 2.36 bits per heavy atom. The first-order valence-corrected chi connectivity index (χ1v) is 19.3. The van der Waals surface area contributed by atoms with Crippen molar-refractivity contribution in [1.29, 1.82) is 0 Å². The van der Waals surface area contributed by atoms with Crippen molar-refractivity contribution >= 4 is 10.4 Å². The van der Waals surface area contributed by atoms with Gasteiger partial charge in [-0.05, 0) is 156 Å². The molecule has 0 aromatic heterocycles. The molecule has 0 saturated heterocycles. The molecule has 0 aromatic rings. The molecule has 44 heavy (non-hydrogen) atoms. The minimum Gasteiger partial charge on any atom is -0.393 e. The van der Waals surface area contributed by atoms with Crippen molar-refractivity contribution in [2.45, 2.75) is 129 Å². The summed E-state index contributed by atoms with van der Waals surface area (Å²) in [6.45, 7) is 12.9. The van der Waals surface area contributed by atoms with Gasteiger partial charge in [-0.1, -0.05) is 27.7 Å². The summed E-state index contributed by atoms with van der Waals surface area (Å²) in [4.78, 5) is 0. The van der Waals surface area contributed by atoms with Gasteiger partial charge in [-0.25, -0.2) is 4.18 Å². The van der Waals surface area contributed by atoms with E-state index >= 15 is 0 Å². The molecule has 4 aliphatic rings. The van der Waals surface area contributed by atoms with E-state index in [-0.39, 0.29) is 24.0 Å². The highest BCUT2D eigenvalue weighted by molar-refractivity contribution is 7.80. The van der Waals surface area contributed by atoms with E-state index in [0.717, 1.165) is 58.3 Å². The van der Waals surface area contributed by atoms with Crippen LogP contribution in [0.5, 0.6) is 0 Å². The molecule has 0 heterocycles. The Morgan fingerprint density at radius 1 is 0.932 bits per heavy atom. The second-order valence-electron chi connectivity index (χ2n) is 15.9. The topological polar surface area (TPSA) is 154 Å². The number of hydrogen-bond acceptors (Lipinski definition) is 8. The second-order valence-corrected chi connectivity index (χ2v) is 17.0. The number of unbranched alkanes of at least 4 members (excludes halogenated alkanes) is 1. The van der Waals surface area contributed by atoms with E-state index in [0.29, 0.717) is 53.4 Å². The van der Waals surface area contributed by atoms with Gasteiger partial charge >= 0.3 is 10.4 Å². The van der Waals surface area contributed by atoms with Crippen LogP contribution in [0.4, 0.5) is 0 Å². The Hall–Kier alpha value is -0.330. The maximum Gasteiger partial charge on any atom is 0.397 e. The van der Waals surface area contributed by atoms with Crippen molar-refractivity contribution in [2.24, 2.45) is 58.0 Å². The van der Waals surface area contributed by atoms with E-state index in [1.807, 2.05) is 0 Å². The summed E-state index contributed by atoms with van der Waals surface area (Å²) in [7, 11) is -4.50. The number of aliphatic hydroxyl groups excluding tert-OH is 2. The van der Waals surface area contributed by atoms with E-state index in [9.17, 15) is 18.6 Å². The van der Waals surface area contributed by atoms with E-state index in [2.05, 4.69) is 35.6 Å². The molecule has 0 amide bonds. The minimum atomic E-state index is -4.50. The lowest BCUT2D eigenvalue weighted by Gasteiger charge is -2.62. The third kappa shape index (κ3) is 8.57. The van der Waals surface area contributed by atoms with Crippen molar-refractivity contribution in [2.75, 3.05) is 32.8 Å². The Morgan fingerprint density at radius 2 is 1.64 bits per heavy atom. The fourth-order valence-corrected chi connectivity index (χ4v) is 11.0. The monoisotopic (exact) mass is 643 g/mol. The number of rotatable bonds is 17. The normalized spacial score (nSPS) is 39.2. The van der Waals surface area contributed by atoms with Crippen LogP contribution in [0.1, 0.15) is 111 Å². The zero-order chi connectivity index (χ0) is 32.1. The Bertz CT molecular complexity index is 1000. The van der Waals surface area contributed by atoms with Gasteiger partial charge in [0.1, 0.15) is 0 Å². The van der Waals surface area contributed by atoms with Gasteiger partial charge in [0.05, 0.1) is 18.8 Å². The SMILES string of the molecule is CC(COS(=O)(=O)O)[C@H](O)CC[C@@H](C)[C@H]1CCC2C3C(CC[C@@]21C)[C@@]1(C)CC[C@H](NCCCNCCCCN)CC1C[C@H]3O. The zero-order valence-corrected chi connectivity index (χ0v) is 28.9. The van der Waals surface area contributed by atoms with Crippen LogP contribution in [-0.2, 0) is 14.6 Å². The lowest BCUT2D eigenvalue weighted by molar-refractivity contribution is -0.167. The maximum atomic E-state index is 11.8. The molecule has 4 saturated carbocycles. The highest BCUT2D eigenvalue weighted by Crippen LogP contribution is 2.68. The van der Waals surface area contributed by atoms with Crippen molar-refractivity contribution in [3.63, 3.8) is 0 Å². The molecule has 4 aliphatic carbocycles. The molecule has 258 valence electrons. The molecule has 0 aromatic carbocycles. The van der Waals surface area contributed by atoms with Gasteiger partial charge in [-0.2, -0.15) is 8.42 Å². The quantitative estimate of drug-likeness (QED) is 0.0991. The largest absolute Gasteiger partial charge is 0.397 e. The van der Waals surface area contributed by atoms with Crippen molar-refractivity contribution in [1.82, 2.24) is 10.6 Å². The van der Waals surface area contributed by atoms with Crippen molar-refractivity contribution in [3.05, 3.63) is 0 Å². The van der Waals surface area contributed by atoms with Crippen LogP contribution in [0.3, 0.4) is 0 Å². The molecule has 4 fully saturated rings. The minimum absolute atomic E-state index is 0.210. The van der Waals surface area contributed by atoms with Gasteiger partial charge in [0.15, 0.2) is 0 Å². The lowest BCUT2D eigenvalue weighted by Crippen LogP contribution is -2.59. The van der Waals surface area contributed by atoms with Gasteiger partial charge in [0.25, 0.3) is 0 Å². The Kier molecular flexibility index (Phi) is 13.0. The highest BCUT2D eigenvalue weighted by Gasteiger charge is 2.62. The van der Waals surface area contributed by atoms with Gasteiger partial charge in [0.2, 0.25) is 0 Å². The molecule has 0 aliphatic heterocycles. The van der Waals surface area contributed by atoms with Crippen LogP contribution in [0.25, 0.3) is 0 Å². The van der Waals surface area contributed by atoms with Crippen molar-refractivity contribution in [3.8, 4) is 0 Å². The van der Waals surface area contributed by atoms with Gasteiger partial charge in [-0.15, -0.1) is 0 Å². The van der Waals surface area contributed by atoms with Gasteiger partial charge in [0, 0.05) is 12.0 Å². The molecule has 0 spiro atoms. The first-order valence-electron chi connectivity index (χ1n) is 17.9. The fourth-order valence-electron chi connectivity index (χ4n) is 10.6. The first-order chi connectivity index (χ1) is 20.8. The number of nitrogens with two attached hydrogens (primary N) is 1. The molecule has 4 rings (SSSR count). The molecule has 0 bridgehead atoms. The van der Waals surface area contributed by atoms with Gasteiger partial charge in [-0.3, -0.25) is 4.55 Å². The fraction of sp³-hybridized carbons (Fsp3) is 1.00. The smallest absolute Gasteiger partial charge is 0.393 e. The lowest BCUT2D eigenvalue weighted by atomic mass is 9.43. The molecule has 7 N–H and O–H groups in total. The molecule has 5 unspecified atom stereocenters. The summed E-state index contributed by atoms with van der Waals surface area (Å²) in [5.74, 6) is 2.78. The summed E-state index contributed by atoms with van der Waals surface area (Å²) < 4.78 is 35.2. The number of nitrogens with one attached hydrogen (secondary N) is 2. The van der Waals surface area contributed by atoms with Crippen LogP contribution in [0, 0.1) is 52.3 Å². The summed E-state index contributed by atoms with van der Waals surface area (Å²) in [6, 6.07) is 0.567. The molecule has 10 heteroatoms. The number of aliphatic hydroxyl groups is 2. The maximum absolute atomic E-state index is 11.8. The standard InChI is InChI=1S/C34H65N3O6S/c1-23(8-11-30(38)24(2)22-43-44(40,41)42)27-9-10-28-32-29(13-15-34(27,28)4)33(3)14-12-26(20-25(33)21-31(32)39)37-19-7-18-36-17-6-5-16-35/h23-32,36-39H,5-22,35H2,1-4H3,(H,40,41,42)/t23-,24?,25?,26+,27-,28?,29?,30-,31-,32?,33+,34-/m1/s1. The zero-order valence-electron chi connectivity index (χ0n) is 28.1. The number of hydrogen-bond donors (Lipinski definition) is 6. The molecular formula is C34H65N3O6S. The van der Waals surface area contributed by atoms with Crippen LogP contribution in [-0.4, -0.2) is 74.2 Å². The summed E-state index contributed by atoms with van der Waals surface area (Å²) in [6.07, 6.45) is 13.4. The highest BCUT2D eigenvalue weighted by atomic mass is 32.3. The summed E-state index contributed by atoms with van der Waals surface area (Å²) in [5, 5.41) is 29.8. The molecule has 9 nitrogen and oxygen atoms in total. The average molecular weight is 644 g/mol. The summed E-state index contributed by atoms with van der Waals surface area (Å²) >= 11 is 0. The molecule has 12 atom stereocenters. The van der Waals surface area contributed by atoms with Crippen LogP contribution in [0.2, 0.25) is 0 Å². The summed E-state index contributed by atoms with van der Waals surface area (Å²) in [5.41, 5.74) is 6.12. The van der Waals surface area contributed by atoms with E-state index in [1.54, 1.807) is 6.92 Å². The van der Waals surface area contributed by atoms with Crippen LogP contribution >= 0.6 is 0 Å². The third-order valence-corrected chi connectivity index (χ3v) is 13.7. The van der Waals surface area contributed by atoms with E-state index < -0.39 is 16.5 Å². The molecular weight excluding hydrogens is 578 g/mol.